The number of anilines is 6. The minimum Gasteiger partial charge on any atom is -0.310 e. The molecule has 0 aromatic heterocycles. The van der Waals surface area contributed by atoms with Crippen LogP contribution in [-0.4, -0.2) is 0 Å². The van der Waals surface area contributed by atoms with E-state index in [1.165, 1.54) is 219 Å². The minimum atomic E-state index is -0.488. The van der Waals surface area contributed by atoms with Crippen LogP contribution in [0.3, 0.4) is 0 Å². The smallest absolute Gasteiger partial charge is 0.0726 e. The molecule has 2 heteroatoms. The van der Waals surface area contributed by atoms with E-state index in [0.29, 0.717) is 0 Å². The number of fused-ring (bicyclic) bond motifs is 35. The van der Waals surface area contributed by atoms with Gasteiger partial charge in [0.05, 0.1) is 10.8 Å². The van der Waals surface area contributed by atoms with Crippen LogP contribution in [0.15, 0.2) is 485 Å². The van der Waals surface area contributed by atoms with Gasteiger partial charge >= 0.3 is 0 Å². The van der Waals surface area contributed by atoms with Crippen molar-refractivity contribution in [1.29, 1.82) is 0 Å². The van der Waals surface area contributed by atoms with Gasteiger partial charge in [-0.3, -0.25) is 0 Å². The van der Waals surface area contributed by atoms with Crippen LogP contribution in [-0.2, 0) is 10.8 Å². The molecule has 0 bridgehead atoms. The Bertz CT molecular complexity index is 8600. The molecule has 0 N–H and O–H groups in total. The number of benzene rings is 24. The van der Waals surface area contributed by atoms with E-state index in [9.17, 15) is 0 Å². The summed E-state index contributed by atoms with van der Waals surface area (Å²) in [6.45, 7) is 0. The first-order chi connectivity index (χ1) is 64.5. The van der Waals surface area contributed by atoms with Gasteiger partial charge in [-0.1, -0.05) is 406 Å². The molecule has 4 aliphatic carbocycles. The van der Waals surface area contributed by atoms with Crippen molar-refractivity contribution in [1.82, 2.24) is 0 Å². The Labute approximate surface area is 754 Å². The van der Waals surface area contributed by atoms with Crippen molar-refractivity contribution in [2.45, 2.75) is 10.8 Å². The van der Waals surface area contributed by atoms with Crippen LogP contribution < -0.4 is 9.80 Å². The van der Waals surface area contributed by atoms with E-state index in [-0.39, 0.29) is 0 Å². The monoisotopic (exact) mass is 1640 g/mol. The Kier molecular flexibility index (Phi) is 16.3. The van der Waals surface area contributed by atoms with E-state index in [1.54, 1.807) is 0 Å². The molecule has 4 aliphatic rings. The van der Waals surface area contributed by atoms with Gasteiger partial charge in [0.2, 0.25) is 0 Å². The summed E-state index contributed by atoms with van der Waals surface area (Å²) in [4.78, 5) is 5.01. The third-order valence-electron chi connectivity index (χ3n) is 29.1. The highest BCUT2D eigenvalue weighted by Crippen LogP contribution is 2.66. The van der Waals surface area contributed by atoms with E-state index in [0.717, 1.165) is 34.1 Å². The Balaban J connectivity index is 0.000000135. The second-order valence-electron chi connectivity index (χ2n) is 35.4. The third kappa shape index (κ3) is 10.8. The van der Waals surface area contributed by atoms with Crippen molar-refractivity contribution in [2.75, 3.05) is 9.80 Å². The molecule has 0 saturated heterocycles. The van der Waals surface area contributed by atoms with Crippen LogP contribution in [0.2, 0.25) is 0 Å². The molecule has 28 rings (SSSR count). The van der Waals surface area contributed by atoms with Crippen LogP contribution in [0.5, 0.6) is 0 Å². The molecule has 130 heavy (non-hydrogen) atoms. The fraction of sp³-hybridized carbons (Fsp3) is 0.0156. The summed E-state index contributed by atoms with van der Waals surface area (Å²) in [5.41, 5.74) is 34.1. The highest BCUT2D eigenvalue weighted by molar-refractivity contribution is 6.27. The lowest BCUT2D eigenvalue weighted by molar-refractivity contribution is 0.793. The van der Waals surface area contributed by atoms with Gasteiger partial charge < -0.3 is 9.80 Å². The second kappa shape index (κ2) is 28.9. The van der Waals surface area contributed by atoms with Crippen molar-refractivity contribution >= 4 is 131 Å². The number of nitrogens with zero attached hydrogens (tertiary/aromatic N) is 2. The molecule has 24 aromatic carbocycles. The summed E-state index contributed by atoms with van der Waals surface area (Å²) in [5.74, 6) is 0. The van der Waals surface area contributed by atoms with Crippen LogP contribution in [0.4, 0.5) is 34.1 Å². The van der Waals surface area contributed by atoms with E-state index in [2.05, 4.69) is 495 Å². The van der Waals surface area contributed by atoms with Gasteiger partial charge in [0.1, 0.15) is 0 Å². The Morgan fingerprint density at radius 2 is 0.338 bits per heavy atom. The van der Waals surface area contributed by atoms with Gasteiger partial charge in [-0.15, -0.1) is 0 Å². The first kappa shape index (κ1) is 73.6. The van der Waals surface area contributed by atoms with Crippen LogP contribution >= 0.6 is 0 Å². The van der Waals surface area contributed by atoms with Gasteiger partial charge in [-0.2, -0.15) is 0 Å². The summed E-state index contributed by atoms with van der Waals surface area (Å²) >= 11 is 0. The zero-order chi connectivity index (χ0) is 85.3. The summed E-state index contributed by atoms with van der Waals surface area (Å²) in [5, 5.41) is 22.6. The molecule has 0 heterocycles. The topological polar surface area (TPSA) is 6.48 Å². The maximum atomic E-state index is 2.54. The molecule has 0 saturated carbocycles. The molecular formula is C128H80N2. The lowest BCUT2D eigenvalue weighted by Crippen LogP contribution is -2.26. The third-order valence-corrected chi connectivity index (χ3v) is 29.1. The first-order valence-corrected chi connectivity index (χ1v) is 45.3. The molecule has 602 valence electrons. The highest BCUT2D eigenvalue weighted by atomic mass is 15.1. The largest absolute Gasteiger partial charge is 0.310 e. The Morgan fingerprint density at radius 1 is 0.115 bits per heavy atom. The molecular weight excluding hydrogens is 1570 g/mol. The maximum Gasteiger partial charge on any atom is 0.0726 e. The summed E-state index contributed by atoms with van der Waals surface area (Å²) < 4.78 is 0. The molecule has 0 atom stereocenters. The van der Waals surface area contributed by atoms with E-state index in [1.807, 2.05) is 0 Å². The minimum absolute atomic E-state index is 0.433. The van der Waals surface area contributed by atoms with Crippen LogP contribution in [0.1, 0.15) is 44.5 Å². The fourth-order valence-electron chi connectivity index (χ4n) is 23.7. The van der Waals surface area contributed by atoms with Crippen LogP contribution in [0.25, 0.3) is 175 Å². The predicted molar refractivity (Wildman–Crippen MR) is 549 cm³/mol. The van der Waals surface area contributed by atoms with Crippen molar-refractivity contribution in [3.05, 3.63) is 530 Å². The molecule has 2 spiro atoms. The lowest BCUT2D eigenvalue weighted by atomic mass is 9.70. The van der Waals surface area contributed by atoms with E-state index < -0.39 is 10.8 Å². The molecule has 2 nitrogen and oxygen atoms in total. The number of rotatable bonds is 9. The number of hydrogen-bond donors (Lipinski definition) is 0. The predicted octanol–water partition coefficient (Wildman–Crippen LogP) is 34.4. The SMILES string of the molecule is c1ccc2c(c1)-c1ccccc1C21c2ccccc2-c2ccc(N(c3cc(-c4cccc5ccccc45)cc(-c4cccc5ccccc45)c3)c3ccc4c5ccccc5c5ccccc5c4c3)cc21.c1ccc2c(c1)-c1ccccc1C21c2ccccc2-c2ccc(N(c3ccc(-c4cccc5ccccc45)cc3)c3ccc4c5ccccc5c5ccccc5c4c3)cc21. The quantitative estimate of drug-likeness (QED) is 0.133. The van der Waals surface area contributed by atoms with Gasteiger partial charge in [0.15, 0.2) is 0 Å². The van der Waals surface area contributed by atoms with Crippen molar-refractivity contribution in [3.63, 3.8) is 0 Å². The number of hydrogen-bond acceptors (Lipinski definition) is 2. The van der Waals surface area contributed by atoms with Gasteiger partial charge in [-0.05, 0) is 298 Å². The first-order valence-electron chi connectivity index (χ1n) is 45.3. The molecule has 24 aromatic rings. The van der Waals surface area contributed by atoms with Crippen molar-refractivity contribution in [3.8, 4) is 77.9 Å². The molecule has 0 radical (unpaired) electrons. The average molecular weight is 1650 g/mol. The summed E-state index contributed by atoms with van der Waals surface area (Å²) in [6, 6.07) is 181. The normalized spacial score (nSPS) is 13.0. The van der Waals surface area contributed by atoms with Gasteiger partial charge in [-0.25, -0.2) is 0 Å². The highest BCUT2D eigenvalue weighted by Gasteiger charge is 2.53. The fourth-order valence-corrected chi connectivity index (χ4v) is 23.7. The Morgan fingerprint density at radius 3 is 0.669 bits per heavy atom. The van der Waals surface area contributed by atoms with Crippen molar-refractivity contribution < 1.29 is 0 Å². The van der Waals surface area contributed by atoms with E-state index in [4.69, 9.17) is 0 Å². The van der Waals surface area contributed by atoms with Crippen LogP contribution in [0, 0.1) is 0 Å². The Hall–Kier alpha value is -16.8. The average Bonchev–Trinajstić information content (AvgIpc) is 1.51. The molecule has 0 aliphatic heterocycles. The zero-order valence-electron chi connectivity index (χ0n) is 71.1. The summed E-state index contributed by atoms with van der Waals surface area (Å²) in [6.07, 6.45) is 0. The second-order valence-corrected chi connectivity index (χ2v) is 35.4. The zero-order valence-corrected chi connectivity index (χ0v) is 71.1. The van der Waals surface area contributed by atoms with Gasteiger partial charge in [0, 0.05) is 34.1 Å². The molecule has 0 fully saturated rings. The lowest BCUT2D eigenvalue weighted by Gasteiger charge is -2.32. The summed E-state index contributed by atoms with van der Waals surface area (Å²) in [7, 11) is 0. The van der Waals surface area contributed by atoms with Gasteiger partial charge in [0.25, 0.3) is 0 Å². The molecule has 0 unspecified atom stereocenters. The standard InChI is InChI=1S/C69H43N.C59H37N/c1-3-21-51-44(17-1)19-15-30-53(51)46-39-47(54-31-16-20-45-18-2-4-22-52(45)54)41-50(40-46)70(48-35-37-59-57-25-6-5-23-55(57)56-24-7-8-26-58(56)64(59)42-48)49-36-38-63-62-29-11-14-34-67(62)69(68(63)43-49)65-32-12-9-27-60(65)61-28-10-13-33-66(61)69;1-2-16-43-38(14-1)15-13-24-44(43)39-28-30-40(31-29-39)60(41-32-34-49-47-19-4-3-17-45(47)46-18-5-6-20-48(46)54(49)36-41)42-33-35-53-52-23-9-12-27-57(52)59(58(53)37-42)55-25-10-7-21-50(55)51-22-8-11-26-56(51)59/h1-43H;1-37H. The van der Waals surface area contributed by atoms with E-state index >= 15 is 0 Å². The maximum absolute atomic E-state index is 2.54. The van der Waals surface area contributed by atoms with Crippen molar-refractivity contribution in [2.24, 2.45) is 0 Å². The molecule has 0 amide bonds.